The van der Waals surface area contributed by atoms with Crippen LogP contribution in [-0.4, -0.2) is 30.8 Å². The molecule has 0 saturated carbocycles. The minimum atomic E-state index is -0.590. The second-order valence-electron chi connectivity index (χ2n) is 5.72. The van der Waals surface area contributed by atoms with Gasteiger partial charge in [-0.3, -0.25) is 4.79 Å². The SMILES string of the molecule is CC(C)CCOCCC(N)C(=O)OC(C)(C)C. The highest BCUT2D eigenvalue weighted by molar-refractivity contribution is 5.75. The van der Waals surface area contributed by atoms with Crippen molar-refractivity contribution in [3.05, 3.63) is 0 Å². The van der Waals surface area contributed by atoms with Gasteiger partial charge < -0.3 is 15.2 Å². The summed E-state index contributed by atoms with van der Waals surface area (Å²) in [4.78, 5) is 11.5. The number of esters is 1. The molecule has 0 saturated heterocycles. The van der Waals surface area contributed by atoms with Gasteiger partial charge >= 0.3 is 5.97 Å². The predicted molar refractivity (Wildman–Crippen MR) is 68.7 cm³/mol. The molecule has 4 nitrogen and oxygen atoms in total. The Morgan fingerprint density at radius 2 is 1.71 bits per heavy atom. The first-order valence-corrected chi connectivity index (χ1v) is 6.28. The van der Waals surface area contributed by atoms with Crippen LogP contribution in [0.25, 0.3) is 0 Å². The third kappa shape index (κ3) is 10.3. The summed E-state index contributed by atoms with van der Waals surface area (Å²) in [5, 5.41) is 0. The molecule has 4 heteroatoms. The molecule has 0 aromatic carbocycles. The maximum Gasteiger partial charge on any atom is 0.323 e. The number of hydrogen-bond acceptors (Lipinski definition) is 4. The van der Waals surface area contributed by atoms with Gasteiger partial charge in [0.05, 0.1) is 0 Å². The molecule has 0 aliphatic heterocycles. The number of carbonyl (C=O) groups excluding carboxylic acids is 1. The van der Waals surface area contributed by atoms with Crippen molar-refractivity contribution >= 4 is 5.97 Å². The van der Waals surface area contributed by atoms with Crippen molar-refractivity contribution in [2.75, 3.05) is 13.2 Å². The third-order valence-electron chi connectivity index (χ3n) is 2.12. The van der Waals surface area contributed by atoms with E-state index in [2.05, 4.69) is 13.8 Å². The van der Waals surface area contributed by atoms with E-state index < -0.39 is 11.6 Å². The first-order valence-electron chi connectivity index (χ1n) is 6.28. The second kappa shape index (κ2) is 7.67. The van der Waals surface area contributed by atoms with Gasteiger partial charge in [0.25, 0.3) is 0 Å². The lowest BCUT2D eigenvalue weighted by Crippen LogP contribution is -2.38. The van der Waals surface area contributed by atoms with Crippen LogP contribution >= 0.6 is 0 Å². The summed E-state index contributed by atoms with van der Waals surface area (Å²) in [7, 11) is 0. The van der Waals surface area contributed by atoms with Crippen LogP contribution in [-0.2, 0) is 14.3 Å². The minimum Gasteiger partial charge on any atom is -0.459 e. The summed E-state index contributed by atoms with van der Waals surface area (Å²) in [6.45, 7) is 11.0. The fourth-order valence-electron chi connectivity index (χ4n) is 1.13. The van der Waals surface area contributed by atoms with Crippen LogP contribution in [0.15, 0.2) is 0 Å². The summed E-state index contributed by atoms with van der Waals surface area (Å²) in [5.41, 5.74) is 5.23. The number of ether oxygens (including phenoxy) is 2. The Labute approximate surface area is 105 Å². The van der Waals surface area contributed by atoms with Crippen molar-refractivity contribution in [2.45, 2.75) is 59.1 Å². The number of nitrogens with two attached hydrogens (primary N) is 1. The Hall–Kier alpha value is -0.610. The van der Waals surface area contributed by atoms with Gasteiger partial charge in [-0.1, -0.05) is 13.8 Å². The largest absolute Gasteiger partial charge is 0.459 e. The van der Waals surface area contributed by atoms with E-state index >= 15 is 0 Å². The lowest BCUT2D eigenvalue weighted by Gasteiger charge is -2.22. The van der Waals surface area contributed by atoms with Crippen LogP contribution in [0.2, 0.25) is 0 Å². The highest BCUT2D eigenvalue weighted by Crippen LogP contribution is 2.09. The molecule has 0 fully saturated rings. The summed E-state index contributed by atoms with van der Waals surface area (Å²) < 4.78 is 10.6. The second-order valence-corrected chi connectivity index (χ2v) is 5.72. The first-order chi connectivity index (χ1) is 7.72. The Morgan fingerprint density at radius 3 is 2.18 bits per heavy atom. The molecule has 102 valence electrons. The lowest BCUT2D eigenvalue weighted by atomic mass is 10.1. The highest BCUT2D eigenvalue weighted by atomic mass is 16.6. The molecule has 0 amide bonds. The molecule has 0 bridgehead atoms. The molecular formula is C13H27NO3. The highest BCUT2D eigenvalue weighted by Gasteiger charge is 2.21. The monoisotopic (exact) mass is 245 g/mol. The zero-order chi connectivity index (χ0) is 13.5. The van der Waals surface area contributed by atoms with E-state index in [4.69, 9.17) is 15.2 Å². The quantitative estimate of drug-likeness (QED) is 0.551. The summed E-state index contributed by atoms with van der Waals surface area (Å²) in [5.74, 6) is 0.277. The molecule has 1 unspecified atom stereocenters. The molecule has 17 heavy (non-hydrogen) atoms. The van der Waals surface area contributed by atoms with Crippen LogP contribution in [0.3, 0.4) is 0 Å². The topological polar surface area (TPSA) is 61.5 Å². The number of carbonyl (C=O) groups is 1. The molecular weight excluding hydrogens is 218 g/mol. The van der Waals surface area contributed by atoms with Gasteiger partial charge in [0.2, 0.25) is 0 Å². The number of rotatable bonds is 7. The van der Waals surface area contributed by atoms with E-state index in [1.54, 1.807) is 0 Å². The van der Waals surface area contributed by atoms with Crippen LogP contribution in [0.5, 0.6) is 0 Å². The molecule has 1 atom stereocenters. The summed E-state index contributed by atoms with van der Waals surface area (Å²) in [6, 6.07) is -0.590. The lowest BCUT2D eigenvalue weighted by molar-refractivity contribution is -0.156. The van der Waals surface area contributed by atoms with Gasteiger partial charge in [-0.25, -0.2) is 0 Å². The van der Waals surface area contributed by atoms with Crippen LogP contribution in [0.4, 0.5) is 0 Å². The molecule has 2 N–H and O–H groups in total. The van der Waals surface area contributed by atoms with Crippen molar-refractivity contribution in [1.82, 2.24) is 0 Å². The zero-order valence-corrected chi connectivity index (χ0v) is 11.8. The van der Waals surface area contributed by atoms with E-state index in [1.807, 2.05) is 20.8 Å². The molecule has 0 aromatic rings. The standard InChI is InChI=1S/C13H27NO3/c1-10(2)6-8-16-9-7-11(14)12(15)17-13(3,4)5/h10-11H,6-9,14H2,1-5H3. The van der Waals surface area contributed by atoms with Crippen molar-refractivity contribution in [3.63, 3.8) is 0 Å². The minimum absolute atomic E-state index is 0.357. The molecule has 0 aliphatic carbocycles. The van der Waals surface area contributed by atoms with Crippen molar-refractivity contribution in [1.29, 1.82) is 0 Å². The maximum atomic E-state index is 11.5. The average molecular weight is 245 g/mol. The van der Waals surface area contributed by atoms with Crippen LogP contribution in [0, 0.1) is 5.92 Å². The molecule has 0 spiro atoms. The van der Waals surface area contributed by atoms with Gasteiger partial charge in [0.1, 0.15) is 11.6 Å². The predicted octanol–water partition coefficient (Wildman–Crippen LogP) is 2.11. The van der Waals surface area contributed by atoms with Gasteiger partial charge in [-0.05, 0) is 39.5 Å². The van der Waals surface area contributed by atoms with E-state index in [0.717, 1.165) is 13.0 Å². The maximum absolute atomic E-state index is 11.5. The van der Waals surface area contributed by atoms with Crippen LogP contribution in [0.1, 0.15) is 47.5 Å². The number of hydrogen-bond donors (Lipinski definition) is 1. The van der Waals surface area contributed by atoms with E-state index in [9.17, 15) is 4.79 Å². The molecule has 0 radical (unpaired) electrons. The molecule has 0 rings (SSSR count). The molecule has 0 aromatic heterocycles. The molecule has 0 heterocycles. The Balaban J connectivity index is 3.65. The molecule has 0 aliphatic rings. The zero-order valence-electron chi connectivity index (χ0n) is 11.8. The normalized spacial score (nSPS) is 13.8. The van der Waals surface area contributed by atoms with E-state index in [-0.39, 0.29) is 5.97 Å². The Bertz CT molecular complexity index is 221. The summed E-state index contributed by atoms with van der Waals surface area (Å²) >= 11 is 0. The smallest absolute Gasteiger partial charge is 0.323 e. The van der Waals surface area contributed by atoms with E-state index in [0.29, 0.717) is 18.9 Å². The van der Waals surface area contributed by atoms with Gasteiger partial charge in [-0.2, -0.15) is 0 Å². The van der Waals surface area contributed by atoms with Gasteiger partial charge in [0.15, 0.2) is 0 Å². The fraction of sp³-hybridized carbons (Fsp3) is 0.923. The Morgan fingerprint density at radius 1 is 1.18 bits per heavy atom. The Kier molecular flexibility index (Phi) is 7.39. The third-order valence-corrected chi connectivity index (χ3v) is 2.12. The average Bonchev–Trinajstić information content (AvgIpc) is 2.13. The van der Waals surface area contributed by atoms with Crippen LogP contribution < -0.4 is 5.73 Å². The first kappa shape index (κ1) is 16.4. The van der Waals surface area contributed by atoms with Crippen molar-refractivity contribution < 1.29 is 14.3 Å². The summed E-state index contributed by atoms with van der Waals surface area (Å²) in [6.07, 6.45) is 1.54. The van der Waals surface area contributed by atoms with Gasteiger partial charge in [-0.15, -0.1) is 0 Å². The van der Waals surface area contributed by atoms with Crippen molar-refractivity contribution in [3.8, 4) is 0 Å². The van der Waals surface area contributed by atoms with Crippen molar-refractivity contribution in [2.24, 2.45) is 11.7 Å². The van der Waals surface area contributed by atoms with Gasteiger partial charge in [0, 0.05) is 13.2 Å². The van der Waals surface area contributed by atoms with E-state index in [1.165, 1.54) is 0 Å². The fourth-order valence-corrected chi connectivity index (χ4v) is 1.13.